The van der Waals surface area contributed by atoms with Crippen LogP contribution in [0.5, 0.6) is 0 Å². The first-order valence-corrected chi connectivity index (χ1v) is 18.8. The Balaban J connectivity index is 1.13. The zero-order valence-corrected chi connectivity index (χ0v) is 29.7. The zero-order chi connectivity index (χ0) is 35.1. The summed E-state index contributed by atoms with van der Waals surface area (Å²) in [5.41, 5.74) is 9.18. The van der Waals surface area contributed by atoms with Crippen LogP contribution in [0.1, 0.15) is 0 Å². The first-order valence-electron chi connectivity index (χ1n) is 18.0. The van der Waals surface area contributed by atoms with Gasteiger partial charge in [0.25, 0.3) is 0 Å². The van der Waals surface area contributed by atoms with Crippen LogP contribution in [0.2, 0.25) is 0 Å². The van der Waals surface area contributed by atoms with E-state index in [1.165, 1.54) is 52.8 Å². The number of hydrogen-bond acceptors (Lipinski definition) is 3. The molecule has 0 saturated carbocycles. The van der Waals surface area contributed by atoms with Crippen LogP contribution in [0.4, 0.5) is 34.1 Å². The number of rotatable bonds is 7. The highest BCUT2D eigenvalue weighted by atomic mass is 32.1. The van der Waals surface area contributed by atoms with Crippen molar-refractivity contribution in [2.45, 2.75) is 0 Å². The minimum atomic E-state index is 1.10. The van der Waals surface area contributed by atoms with E-state index in [2.05, 4.69) is 216 Å². The van der Waals surface area contributed by atoms with Crippen LogP contribution in [0.15, 0.2) is 206 Å². The number of para-hydroxylation sites is 2. The van der Waals surface area contributed by atoms with Crippen LogP contribution in [-0.2, 0) is 0 Å². The monoisotopic (exact) mass is 694 g/mol. The first kappa shape index (κ1) is 31.1. The first-order chi connectivity index (χ1) is 26.3. The second-order valence-corrected chi connectivity index (χ2v) is 14.5. The fourth-order valence-electron chi connectivity index (χ4n) is 7.74. The second kappa shape index (κ2) is 13.1. The lowest BCUT2D eigenvalue weighted by Crippen LogP contribution is -2.12. The predicted molar refractivity (Wildman–Crippen MR) is 229 cm³/mol. The molecule has 0 amide bonds. The Labute approximate surface area is 313 Å². The molecule has 0 aliphatic heterocycles. The van der Waals surface area contributed by atoms with Gasteiger partial charge in [-0.1, -0.05) is 127 Å². The van der Waals surface area contributed by atoms with E-state index in [1.54, 1.807) is 0 Å². The molecule has 1 aromatic heterocycles. The lowest BCUT2D eigenvalue weighted by atomic mass is 9.95. The maximum absolute atomic E-state index is 2.42. The minimum Gasteiger partial charge on any atom is -0.311 e. The van der Waals surface area contributed by atoms with E-state index in [0.717, 1.165) is 34.1 Å². The molecule has 10 aromatic rings. The third-order valence-electron chi connectivity index (χ3n) is 10.2. The van der Waals surface area contributed by atoms with Gasteiger partial charge in [-0.2, -0.15) is 0 Å². The number of thiophene rings is 1. The molecule has 1 heterocycles. The average Bonchev–Trinajstić information content (AvgIpc) is 3.60. The van der Waals surface area contributed by atoms with Crippen LogP contribution in [0.25, 0.3) is 52.8 Å². The van der Waals surface area contributed by atoms with Crippen LogP contribution < -0.4 is 9.80 Å². The molecular weight excluding hydrogens is 661 g/mol. The molecule has 9 aromatic carbocycles. The van der Waals surface area contributed by atoms with E-state index >= 15 is 0 Å². The summed E-state index contributed by atoms with van der Waals surface area (Å²) in [5.74, 6) is 0. The fourth-order valence-corrected chi connectivity index (χ4v) is 8.88. The van der Waals surface area contributed by atoms with E-state index in [9.17, 15) is 0 Å². The van der Waals surface area contributed by atoms with Crippen molar-refractivity contribution < 1.29 is 0 Å². The van der Waals surface area contributed by atoms with E-state index in [-0.39, 0.29) is 0 Å². The Morgan fingerprint density at radius 2 is 0.849 bits per heavy atom. The molecule has 0 radical (unpaired) electrons. The highest BCUT2D eigenvalue weighted by molar-refractivity contribution is 7.25. The van der Waals surface area contributed by atoms with Crippen molar-refractivity contribution in [1.29, 1.82) is 0 Å². The fraction of sp³-hybridized carbons (Fsp3) is 0. The zero-order valence-electron chi connectivity index (χ0n) is 28.9. The number of hydrogen-bond donors (Lipinski definition) is 0. The lowest BCUT2D eigenvalue weighted by Gasteiger charge is -2.29. The summed E-state index contributed by atoms with van der Waals surface area (Å²) in [7, 11) is 0. The molecule has 0 unspecified atom stereocenters. The molecule has 2 nitrogen and oxygen atoms in total. The van der Waals surface area contributed by atoms with Crippen molar-refractivity contribution >= 4 is 87.2 Å². The molecule has 3 heteroatoms. The number of benzene rings is 9. The third kappa shape index (κ3) is 5.59. The predicted octanol–water partition coefficient (Wildman–Crippen LogP) is 15.0. The van der Waals surface area contributed by atoms with Crippen LogP contribution in [0, 0.1) is 0 Å². The molecule has 0 aliphatic rings. The average molecular weight is 695 g/mol. The molecule has 53 heavy (non-hydrogen) atoms. The molecule has 0 N–H and O–H groups in total. The van der Waals surface area contributed by atoms with Gasteiger partial charge in [0.05, 0.1) is 5.69 Å². The summed E-state index contributed by atoms with van der Waals surface area (Å²) in [5, 5.41) is 7.53. The number of nitrogens with zero attached hydrogens (tertiary/aromatic N) is 2. The van der Waals surface area contributed by atoms with Gasteiger partial charge in [-0.3, -0.25) is 0 Å². The number of anilines is 6. The van der Waals surface area contributed by atoms with E-state index in [4.69, 9.17) is 0 Å². The van der Waals surface area contributed by atoms with Gasteiger partial charge in [0.1, 0.15) is 0 Å². The van der Waals surface area contributed by atoms with Gasteiger partial charge < -0.3 is 9.80 Å². The topological polar surface area (TPSA) is 6.48 Å². The maximum atomic E-state index is 2.42. The Morgan fingerprint density at radius 3 is 1.62 bits per heavy atom. The van der Waals surface area contributed by atoms with Crippen molar-refractivity contribution in [2.75, 3.05) is 9.80 Å². The molecule has 0 aliphatic carbocycles. The molecule has 0 spiro atoms. The van der Waals surface area contributed by atoms with Crippen molar-refractivity contribution in [3.05, 3.63) is 206 Å². The molecule has 0 saturated heterocycles. The molecular formula is C50H34N2S. The van der Waals surface area contributed by atoms with E-state index in [0.29, 0.717) is 0 Å². The smallest absolute Gasteiger partial charge is 0.0540 e. The standard InChI is InChI=1S/C50H34N2S/c1-3-16-38(17-4-1)51(39-18-5-2-6-19-39)40-26-28-41(29-27-40)52(42-30-32-47-46-21-9-10-24-49(46)53-50(47)34-42)48-23-12-15-36-33-37(25-31-45(36)48)44-22-11-14-35-13-7-8-20-43(35)44/h1-34H. The van der Waals surface area contributed by atoms with Crippen molar-refractivity contribution in [3.8, 4) is 11.1 Å². The summed E-state index contributed by atoms with van der Waals surface area (Å²) in [6, 6.07) is 74.6. The van der Waals surface area contributed by atoms with Gasteiger partial charge in [-0.05, 0) is 106 Å². The van der Waals surface area contributed by atoms with Crippen LogP contribution >= 0.6 is 11.3 Å². The highest BCUT2D eigenvalue weighted by Gasteiger charge is 2.19. The van der Waals surface area contributed by atoms with Gasteiger partial charge in [-0.15, -0.1) is 11.3 Å². The Morgan fingerprint density at radius 1 is 0.302 bits per heavy atom. The SMILES string of the molecule is c1ccc(N(c2ccccc2)c2ccc(N(c3ccc4c(c3)sc3ccccc34)c3cccc4cc(-c5cccc6ccccc56)ccc34)cc2)cc1. The Kier molecular flexibility index (Phi) is 7.71. The van der Waals surface area contributed by atoms with Gasteiger partial charge in [0.2, 0.25) is 0 Å². The summed E-state index contributed by atoms with van der Waals surface area (Å²) in [6.45, 7) is 0. The second-order valence-electron chi connectivity index (χ2n) is 13.4. The van der Waals surface area contributed by atoms with E-state index < -0.39 is 0 Å². The summed E-state index contributed by atoms with van der Waals surface area (Å²) < 4.78 is 2.59. The maximum Gasteiger partial charge on any atom is 0.0540 e. The lowest BCUT2D eigenvalue weighted by molar-refractivity contribution is 1.26. The molecule has 0 fully saturated rings. The Bertz CT molecular complexity index is 2850. The molecule has 250 valence electrons. The summed E-state index contributed by atoms with van der Waals surface area (Å²) in [4.78, 5) is 4.73. The van der Waals surface area contributed by atoms with E-state index in [1.807, 2.05) is 11.3 Å². The third-order valence-corrected chi connectivity index (χ3v) is 11.3. The van der Waals surface area contributed by atoms with Gasteiger partial charge in [0, 0.05) is 54.0 Å². The highest BCUT2D eigenvalue weighted by Crippen LogP contribution is 2.44. The molecule has 10 rings (SSSR count). The minimum absolute atomic E-state index is 1.10. The molecule has 0 atom stereocenters. The van der Waals surface area contributed by atoms with Gasteiger partial charge in [0.15, 0.2) is 0 Å². The van der Waals surface area contributed by atoms with Crippen LogP contribution in [-0.4, -0.2) is 0 Å². The van der Waals surface area contributed by atoms with Crippen molar-refractivity contribution in [3.63, 3.8) is 0 Å². The normalized spacial score (nSPS) is 11.4. The van der Waals surface area contributed by atoms with Gasteiger partial charge in [-0.25, -0.2) is 0 Å². The summed E-state index contributed by atoms with van der Waals surface area (Å²) >= 11 is 1.86. The largest absolute Gasteiger partial charge is 0.311 e. The Hall–Kier alpha value is -6.68. The number of fused-ring (bicyclic) bond motifs is 5. The van der Waals surface area contributed by atoms with Crippen LogP contribution in [0.3, 0.4) is 0 Å². The van der Waals surface area contributed by atoms with Crippen molar-refractivity contribution in [1.82, 2.24) is 0 Å². The molecule has 0 bridgehead atoms. The quantitative estimate of drug-likeness (QED) is 0.164. The van der Waals surface area contributed by atoms with Gasteiger partial charge >= 0.3 is 0 Å². The summed E-state index contributed by atoms with van der Waals surface area (Å²) in [6.07, 6.45) is 0. The van der Waals surface area contributed by atoms with Crippen molar-refractivity contribution in [2.24, 2.45) is 0 Å².